The van der Waals surface area contributed by atoms with Gasteiger partial charge in [0.05, 0.1) is 11.7 Å². The molecule has 0 unspecified atom stereocenters. The molecule has 5 rings (SSSR count). The number of hydrogen-bond donors (Lipinski definition) is 1. The molecule has 4 heterocycles. The van der Waals surface area contributed by atoms with Gasteiger partial charge in [0, 0.05) is 44.2 Å². The van der Waals surface area contributed by atoms with Crippen LogP contribution in [0.25, 0.3) is 0 Å². The second-order valence-corrected chi connectivity index (χ2v) is 9.46. The number of hydrogen-bond acceptors (Lipinski definition) is 3. The Labute approximate surface area is 166 Å². The van der Waals surface area contributed by atoms with E-state index in [1.165, 1.54) is 12.4 Å². The van der Waals surface area contributed by atoms with Crippen LogP contribution in [0.15, 0.2) is 12.4 Å². The SMILES string of the molecule is O=C1CCC2(CN(C(=O)N3CC4(CC(Cc5cnn(CC(F)(F)F)c5)C4)C3)C2)N1. The summed E-state index contributed by atoms with van der Waals surface area (Å²) < 4.78 is 38.2. The molecule has 0 atom stereocenters. The van der Waals surface area contributed by atoms with Crippen LogP contribution < -0.4 is 5.32 Å². The molecule has 1 saturated carbocycles. The maximum atomic E-state index is 12.6. The van der Waals surface area contributed by atoms with Gasteiger partial charge in [0.15, 0.2) is 0 Å². The number of amides is 3. The predicted octanol–water partition coefficient (Wildman–Crippen LogP) is 1.78. The first-order valence-electron chi connectivity index (χ1n) is 10.1. The third kappa shape index (κ3) is 3.46. The van der Waals surface area contributed by atoms with Crippen LogP contribution in [0.4, 0.5) is 18.0 Å². The Morgan fingerprint density at radius 1 is 1.21 bits per heavy atom. The Kier molecular flexibility index (Phi) is 3.96. The lowest BCUT2D eigenvalue weighted by Gasteiger charge is -2.61. The lowest BCUT2D eigenvalue weighted by atomic mass is 9.56. The highest BCUT2D eigenvalue weighted by molar-refractivity contribution is 5.82. The van der Waals surface area contributed by atoms with Crippen LogP contribution in [-0.2, 0) is 17.8 Å². The van der Waals surface area contributed by atoms with Crippen molar-refractivity contribution in [1.29, 1.82) is 0 Å². The molecule has 4 fully saturated rings. The number of carbonyl (C=O) groups excluding carboxylic acids is 2. The number of nitrogens with zero attached hydrogens (tertiary/aromatic N) is 4. The van der Waals surface area contributed by atoms with Gasteiger partial charge in [-0.15, -0.1) is 0 Å². The summed E-state index contributed by atoms with van der Waals surface area (Å²) in [7, 11) is 0. The van der Waals surface area contributed by atoms with Crippen LogP contribution in [0.3, 0.4) is 0 Å². The van der Waals surface area contributed by atoms with E-state index in [4.69, 9.17) is 0 Å². The Balaban J connectivity index is 1.05. The highest BCUT2D eigenvalue weighted by atomic mass is 19.4. The zero-order chi connectivity index (χ0) is 20.4. The molecule has 29 heavy (non-hydrogen) atoms. The Bertz CT molecular complexity index is 831. The summed E-state index contributed by atoms with van der Waals surface area (Å²) in [6.45, 7) is 1.66. The molecule has 1 aliphatic carbocycles. The fraction of sp³-hybridized carbons (Fsp3) is 0.737. The van der Waals surface area contributed by atoms with Crippen molar-refractivity contribution < 1.29 is 22.8 Å². The number of likely N-dealkylation sites (tertiary alicyclic amines) is 2. The quantitative estimate of drug-likeness (QED) is 0.825. The fourth-order valence-corrected chi connectivity index (χ4v) is 5.61. The van der Waals surface area contributed by atoms with E-state index in [-0.39, 0.29) is 22.9 Å². The zero-order valence-corrected chi connectivity index (χ0v) is 16.0. The maximum absolute atomic E-state index is 12.6. The van der Waals surface area contributed by atoms with Gasteiger partial charge in [-0.3, -0.25) is 9.48 Å². The van der Waals surface area contributed by atoms with Crippen LogP contribution in [-0.4, -0.2) is 69.4 Å². The van der Waals surface area contributed by atoms with Crippen molar-refractivity contribution in [2.24, 2.45) is 11.3 Å². The number of rotatable bonds is 3. The molecule has 7 nitrogen and oxygen atoms in total. The Morgan fingerprint density at radius 2 is 1.90 bits per heavy atom. The van der Waals surface area contributed by atoms with Crippen LogP contribution in [0.2, 0.25) is 0 Å². The summed E-state index contributed by atoms with van der Waals surface area (Å²) in [6, 6.07) is 0.0549. The second-order valence-electron chi connectivity index (χ2n) is 9.46. The van der Waals surface area contributed by atoms with Crippen molar-refractivity contribution in [2.45, 2.75) is 50.4 Å². The fourth-order valence-electron chi connectivity index (χ4n) is 5.61. The minimum atomic E-state index is -4.26. The normalized spacial score (nSPS) is 25.0. The molecule has 3 saturated heterocycles. The largest absolute Gasteiger partial charge is 0.408 e. The van der Waals surface area contributed by atoms with Gasteiger partial charge in [0.2, 0.25) is 5.91 Å². The molecule has 4 aliphatic rings. The summed E-state index contributed by atoms with van der Waals surface area (Å²) in [6.07, 6.45) is 2.84. The molecule has 1 aromatic rings. The van der Waals surface area contributed by atoms with Gasteiger partial charge in [-0.05, 0) is 37.2 Å². The van der Waals surface area contributed by atoms with Crippen LogP contribution in [0.5, 0.6) is 0 Å². The molecule has 3 aliphatic heterocycles. The van der Waals surface area contributed by atoms with Crippen molar-refractivity contribution in [1.82, 2.24) is 24.9 Å². The number of carbonyl (C=O) groups is 2. The van der Waals surface area contributed by atoms with Gasteiger partial charge >= 0.3 is 12.2 Å². The molecule has 10 heteroatoms. The summed E-state index contributed by atoms with van der Waals surface area (Å²) in [5, 5.41) is 6.79. The van der Waals surface area contributed by atoms with Crippen LogP contribution in [0, 0.1) is 11.3 Å². The second kappa shape index (κ2) is 6.12. The van der Waals surface area contributed by atoms with E-state index in [9.17, 15) is 22.8 Å². The maximum Gasteiger partial charge on any atom is 0.408 e. The summed E-state index contributed by atoms with van der Waals surface area (Å²) in [5.74, 6) is 0.515. The van der Waals surface area contributed by atoms with Crippen molar-refractivity contribution in [3.05, 3.63) is 18.0 Å². The molecule has 1 aromatic heterocycles. The van der Waals surface area contributed by atoms with Crippen LogP contribution in [0.1, 0.15) is 31.2 Å². The van der Waals surface area contributed by atoms with Gasteiger partial charge in [0.1, 0.15) is 6.54 Å². The summed E-state index contributed by atoms with van der Waals surface area (Å²) in [5.41, 5.74) is 0.839. The first-order valence-corrected chi connectivity index (χ1v) is 10.1. The van der Waals surface area contributed by atoms with Crippen molar-refractivity contribution in [3.63, 3.8) is 0 Å². The Morgan fingerprint density at radius 3 is 2.52 bits per heavy atom. The molecule has 0 aromatic carbocycles. The minimum Gasteiger partial charge on any atom is -0.347 e. The zero-order valence-electron chi connectivity index (χ0n) is 16.0. The summed E-state index contributed by atoms with van der Waals surface area (Å²) >= 11 is 0. The van der Waals surface area contributed by atoms with Crippen molar-refractivity contribution in [3.8, 4) is 0 Å². The molecule has 0 bridgehead atoms. The molecule has 2 spiro atoms. The highest BCUT2D eigenvalue weighted by Crippen LogP contribution is 2.53. The minimum absolute atomic E-state index is 0.0549. The first-order chi connectivity index (χ1) is 13.6. The molecular formula is C19H24F3N5O2. The standard InChI is InChI=1S/C19H24F3N5O2/c20-19(21,22)12-27-7-14(6-23-27)3-13-4-17(5-13)8-25(9-17)16(29)26-10-18(11-26)2-1-15(28)24-18/h6-7,13H,1-5,8-12H2,(H,24,28). The first kappa shape index (κ1) is 18.7. The van der Waals surface area contributed by atoms with Crippen molar-refractivity contribution in [2.75, 3.05) is 26.2 Å². The van der Waals surface area contributed by atoms with Crippen molar-refractivity contribution >= 4 is 11.9 Å². The average Bonchev–Trinajstić information content (AvgIpc) is 3.11. The van der Waals surface area contributed by atoms with Gasteiger partial charge in [-0.1, -0.05) is 0 Å². The number of urea groups is 1. The van der Waals surface area contributed by atoms with E-state index in [1.54, 1.807) is 0 Å². The third-order valence-electron chi connectivity index (χ3n) is 6.81. The van der Waals surface area contributed by atoms with Gasteiger partial charge < -0.3 is 15.1 Å². The Hall–Kier alpha value is -2.26. The van der Waals surface area contributed by atoms with E-state index >= 15 is 0 Å². The predicted molar refractivity (Wildman–Crippen MR) is 95.8 cm³/mol. The molecule has 158 valence electrons. The lowest BCUT2D eigenvalue weighted by Crippen LogP contribution is -2.73. The monoisotopic (exact) mass is 411 g/mol. The number of aromatic nitrogens is 2. The number of halogens is 3. The van der Waals surface area contributed by atoms with E-state index in [0.29, 0.717) is 25.4 Å². The van der Waals surface area contributed by atoms with Gasteiger partial charge in [-0.25, -0.2) is 4.79 Å². The smallest absolute Gasteiger partial charge is 0.347 e. The molecule has 0 radical (unpaired) electrons. The van der Waals surface area contributed by atoms with Crippen LogP contribution >= 0.6 is 0 Å². The molecule has 1 N–H and O–H groups in total. The van der Waals surface area contributed by atoms with Gasteiger partial charge in [0.25, 0.3) is 0 Å². The average molecular weight is 411 g/mol. The molecular weight excluding hydrogens is 387 g/mol. The van der Waals surface area contributed by atoms with E-state index in [2.05, 4.69) is 10.4 Å². The number of nitrogens with one attached hydrogen (secondary N) is 1. The molecule has 3 amide bonds. The topological polar surface area (TPSA) is 70.5 Å². The van der Waals surface area contributed by atoms with E-state index in [1.807, 2.05) is 9.80 Å². The van der Waals surface area contributed by atoms with Gasteiger partial charge in [-0.2, -0.15) is 18.3 Å². The summed E-state index contributed by atoms with van der Waals surface area (Å²) in [4.78, 5) is 27.7. The third-order valence-corrected chi connectivity index (χ3v) is 6.81. The van der Waals surface area contributed by atoms with E-state index < -0.39 is 12.7 Å². The van der Waals surface area contributed by atoms with E-state index in [0.717, 1.165) is 49.0 Å². The number of alkyl halides is 3. The highest BCUT2D eigenvalue weighted by Gasteiger charge is 2.56. The lowest BCUT2D eigenvalue weighted by molar-refractivity contribution is -0.142.